The molecule has 3 aromatic rings. The lowest BCUT2D eigenvalue weighted by molar-refractivity contribution is -0.113. The molecule has 170 valence electrons. The van der Waals surface area contributed by atoms with Crippen LogP contribution in [0.25, 0.3) is 0 Å². The molecule has 1 heterocycles. The van der Waals surface area contributed by atoms with Crippen molar-refractivity contribution < 1.29 is 14.3 Å². The van der Waals surface area contributed by atoms with Gasteiger partial charge in [0.1, 0.15) is 6.61 Å². The third-order valence-electron chi connectivity index (χ3n) is 4.42. The van der Waals surface area contributed by atoms with E-state index in [0.717, 1.165) is 5.56 Å². The molecule has 10 heteroatoms. The second-order valence-electron chi connectivity index (χ2n) is 6.75. The number of thioether (sulfide) groups is 1. The van der Waals surface area contributed by atoms with Gasteiger partial charge in [0.15, 0.2) is 22.5 Å². The lowest BCUT2D eigenvalue weighted by Crippen LogP contribution is -2.15. The molecule has 0 atom stereocenters. The highest BCUT2D eigenvalue weighted by molar-refractivity contribution is 7.99. The minimum absolute atomic E-state index is 0.147. The molecule has 0 unspecified atom stereocenters. The molecule has 7 nitrogen and oxygen atoms in total. The van der Waals surface area contributed by atoms with Crippen molar-refractivity contribution in [3.8, 4) is 11.5 Å². The fourth-order valence-electron chi connectivity index (χ4n) is 2.91. The summed E-state index contributed by atoms with van der Waals surface area (Å²) in [6, 6.07) is 10.9. The lowest BCUT2D eigenvalue weighted by Gasteiger charge is -2.13. The van der Waals surface area contributed by atoms with Crippen molar-refractivity contribution >= 4 is 46.6 Å². The number of amides is 1. The Kier molecular flexibility index (Phi) is 8.67. The SMILES string of the molecule is CCOc1cc(C)ccc1OCc1nnc(SCC(=O)Nc2cccc(Cl)c2Cl)n1CC. The Morgan fingerprint density at radius 1 is 1.12 bits per heavy atom. The van der Waals surface area contributed by atoms with Crippen LogP contribution in [0.4, 0.5) is 5.69 Å². The molecule has 0 bridgehead atoms. The zero-order valence-corrected chi connectivity index (χ0v) is 20.4. The van der Waals surface area contributed by atoms with Crippen molar-refractivity contribution in [3.05, 3.63) is 57.8 Å². The number of ether oxygens (including phenoxy) is 2. The number of anilines is 1. The van der Waals surface area contributed by atoms with Crippen molar-refractivity contribution in [2.45, 2.75) is 39.1 Å². The zero-order valence-electron chi connectivity index (χ0n) is 18.0. The highest BCUT2D eigenvalue weighted by Gasteiger charge is 2.16. The van der Waals surface area contributed by atoms with E-state index in [-0.39, 0.29) is 18.3 Å². The first-order valence-corrected chi connectivity index (χ1v) is 11.8. The van der Waals surface area contributed by atoms with Crippen LogP contribution in [-0.2, 0) is 17.9 Å². The molecular formula is C22H24Cl2N4O3S. The lowest BCUT2D eigenvalue weighted by atomic mass is 10.2. The molecule has 0 fully saturated rings. The van der Waals surface area contributed by atoms with E-state index in [1.165, 1.54) is 11.8 Å². The molecule has 32 heavy (non-hydrogen) atoms. The van der Waals surface area contributed by atoms with Gasteiger partial charge in [0.25, 0.3) is 0 Å². The Morgan fingerprint density at radius 3 is 2.69 bits per heavy atom. The van der Waals surface area contributed by atoms with Gasteiger partial charge in [-0.1, -0.05) is 47.1 Å². The van der Waals surface area contributed by atoms with Gasteiger partial charge < -0.3 is 19.4 Å². The summed E-state index contributed by atoms with van der Waals surface area (Å²) in [5, 5.41) is 12.5. The largest absolute Gasteiger partial charge is 0.490 e. The predicted molar refractivity (Wildman–Crippen MR) is 128 cm³/mol. The molecule has 1 amide bonds. The van der Waals surface area contributed by atoms with Crippen molar-refractivity contribution in [1.29, 1.82) is 0 Å². The van der Waals surface area contributed by atoms with Gasteiger partial charge in [0.2, 0.25) is 5.91 Å². The van der Waals surface area contributed by atoms with Crippen LogP contribution in [0.3, 0.4) is 0 Å². The van der Waals surface area contributed by atoms with E-state index in [1.807, 2.05) is 43.5 Å². The van der Waals surface area contributed by atoms with E-state index in [1.54, 1.807) is 18.2 Å². The van der Waals surface area contributed by atoms with E-state index in [4.69, 9.17) is 32.7 Å². The molecule has 0 aliphatic carbocycles. The number of nitrogens with zero attached hydrogens (tertiary/aromatic N) is 3. The Morgan fingerprint density at radius 2 is 1.94 bits per heavy atom. The standard InChI is InChI=1S/C22H24Cl2N4O3S/c1-4-28-19(12-31-17-10-9-14(3)11-18(17)30-5-2)26-27-22(28)32-13-20(29)25-16-8-6-7-15(23)21(16)24/h6-11H,4-5,12-13H2,1-3H3,(H,25,29). The topological polar surface area (TPSA) is 78.3 Å². The van der Waals surface area contributed by atoms with Crippen LogP contribution in [0.5, 0.6) is 11.5 Å². The summed E-state index contributed by atoms with van der Waals surface area (Å²) in [5.41, 5.74) is 1.56. The van der Waals surface area contributed by atoms with Crippen LogP contribution < -0.4 is 14.8 Å². The Hall–Kier alpha value is -2.42. The summed E-state index contributed by atoms with van der Waals surface area (Å²) in [4.78, 5) is 12.4. The molecule has 0 aliphatic heterocycles. The predicted octanol–water partition coefficient (Wildman–Crippen LogP) is 5.62. The fraction of sp³-hybridized carbons (Fsp3) is 0.318. The number of carbonyl (C=O) groups excluding carboxylic acids is 1. The highest BCUT2D eigenvalue weighted by Crippen LogP contribution is 2.30. The van der Waals surface area contributed by atoms with Gasteiger partial charge in [-0.15, -0.1) is 10.2 Å². The summed E-state index contributed by atoms with van der Waals surface area (Å²) in [6.07, 6.45) is 0. The van der Waals surface area contributed by atoms with Crippen LogP contribution in [-0.4, -0.2) is 33.0 Å². The molecular weight excluding hydrogens is 471 g/mol. The Labute approximate surface area is 201 Å². The van der Waals surface area contributed by atoms with Gasteiger partial charge in [0, 0.05) is 6.54 Å². The molecule has 3 rings (SSSR count). The number of halogens is 2. The number of benzene rings is 2. The van der Waals surface area contributed by atoms with Crippen molar-refractivity contribution in [1.82, 2.24) is 14.8 Å². The zero-order chi connectivity index (χ0) is 23.1. The Bertz CT molecular complexity index is 1090. The summed E-state index contributed by atoms with van der Waals surface area (Å²) < 4.78 is 13.5. The van der Waals surface area contributed by atoms with Crippen LogP contribution in [0, 0.1) is 6.92 Å². The van der Waals surface area contributed by atoms with E-state index in [2.05, 4.69) is 15.5 Å². The van der Waals surface area contributed by atoms with Crippen molar-refractivity contribution in [2.24, 2.45) is 0 Å². The second kappa shape index (κ2) is 11.4. The van der Waals surface area contributed by atoms with E-state index >= 15 is 0 Å². The molecule has 0 saturated heterocycles. The number of hydrogen-bond acceptors (Lipinski definition) is 6. The van der Waals surface area contributed by atoms with Crippen LogP contribution in [0.2, 0.25) is 10.0 Å². The van der Waals surface area contributed by atoms with E-state index in [0.29, 0.717) is 51.4 Å². The fourth-order valence-corrected chi connectivity index (χ4v) is 4.08. The van der Waals surface area contributed by atoms with Gasteiger partial charge in [-0.05, 0) is 50.6 Å². The van der Waals surface area contributed by atoms with Gasteiger partial charge >= 0.3 is 0 Å². The van der Waals surface area contributed by atoms with Crippen LogP contribution >= 0.6 is 35.0 Å². The van der Waals surface area contributed by atoms with Crippen molar-refractivity contribution in [2.75, 3.05) is 17.7 Å². The first-order valence-electron chi connectivity index (χ1n) is 10.1. The number of nitrogens with one attached hydrogen (secondary N) is 1. The maximum Gasteiger partial charge on any atom is 0.234 e. The third-order valence-corrected chi connectivity index (χ3v) is 6.21. The van der Waals surface area contributed by atoms with E-state index in [9.17, 15) is 4.79 Å². The maximum absolute atomic E-state index is 12.4. The first-order chi connectivity index (χ1) is 15.4. The molecule has 0 aliphatic rings. The van der Waals surface area contributed by atoms with Gasteiger partial charge in [-0.2, -0.15) is 0 Å². The quantitative estimate of drug-likeness (QED) is 0.368. The molecule has 0 saturated carbocycles. The average molecular weight is 495 g/mol. The maximum atomic E-state index is 12.4. The monoisotopic (exact) mass is 494 g/mol. The van der Waals surface area contributed by atoms with Gasteiger partial charge in [-0.3, -0.25) is 4.79 Å². The van der Waals surface area contributed by atoms with Crippen LogP contribution in [0.15, 0.2) is 41.6 Å². The number of hydrogen-bond donors (Lipinski definition) is 1. The van der Waals surface area contributed by atoms with Crippen LogP contribution in [0.1, 0.15) is 25.2 Å². The van der Waals surface area contributed by atoms with Gasteiger partial charge in [0.05, 0.1) is 28.1 Å². The summed E-state index contributed by atoms with van der Waals surface area (Å²) in [7, 11) is 0. The number of carbonyl (C=O) groups is 1. The minimum Gasteiger partial charge on any atom is -0.490 e. The molecule has 2 aromatic carbocycles. The third kappa shape index (κ3) is 6.09. The van der Waals surface area contributed by atoms with Gasteiger partial charge in [-0.25, -0.2) is 0 Å². The smallest absolute Gasteiger partial charge is 0.234 e. The van der Waals surface area contributed by atoms with E-state index < -0.39 is 0 Å². The molecule has 1 N–H and O–H groups in total. The minimum atomic E-state index is -0.219. The summed E-state index contributed by atoms with van der Waals surface area (Å²) in [5.74, 6) is 1.94. The summed E-state index contributed by atoms with van der Waals surface area (Å²) in [6.45, 7) is 7.34. The van der Waals surface area contributed by atoms with Crippen molar-refractivity contribution in [3.63, 3.8) is 0 Å². The summed E-state index contributed by atoms with van der Waals surface area (Å²) >= 11 is 13.4. The Balaban J connectivity index is 1.62. The number of aryl methyl sites for hydroxylation is 1. The first kappa shape index (κ1) is 24.2. The molecule has 0 spiro atoms. The highest BCUT2D eigenvalue weighted by atomic mass is 35.5. The number of rotatable bonds is 10. The molecule has 1 aromatic heterocycles. The second-order valence-corrected chi connectivity index (χ2v) is 8.48. The number of aromatic nitrogens is 3. The average Bonchev–Trinajstić information content (AvgIpc) is 3.17. The molecule has 0 radical (unpaired) electrons. The normalized spacial score (nSPS) is 10.8.